The number of fused-ring (bicyclic) bond motifs is 1. The number of allylic oxidation sites excluding steroid dienone is 4. The Morgan fingerprint density at radius 2 is 2.17 bits per heavy atom. The van der Waals surface area contributed by atoms with Gasteiger partial charge in [-0.2, -0.15) is 0 Å². The van der Waals surface area contributed by atoms with E-state index in [1.54, 1.807) is 13.0 Å². The minimum Gasteiger partial charge on any atom is -0.288 e. The van der Waals surface area contributed by atoms with Crippen molar-refractivity contribution in [3.05, 3.63) is 49.6 Å². The highest BCUT2D eigenvalue weighted by Gasteiger charge is 2.35. The Labute approximate surface area is 109 Å². The van der Waals surface area contributed by atoms with Gasteiger partial charge in [-0.25, -0.2) is 10.1 Å². The largest absolute Gasteiger partial charge is 0.288 e. The second-order valence-electron chi connectivity index (χ2n) is 3.97. The van der Waals surface area contributed by atoms with Crippen LogP contribution in [0.2, 0.25) is 0 Å². The number of hydrogen-bond acceptors (Lipinski definition) is 3. The van der Waals surface area contributed by atoms with Gasteiger partial charge >= 0.3 is 0 Å². The molecule has 0 fully saturated rings. The summed E-state index contributed by atoms with van der Waals surface area (Å²) in [5.74, 6) is -0.0694. The molecule has 0 aliphatic heterocycles. The fourth-order valence-corrected chi connectivity index (χ4v) is 3.24. The van der Waals surface area contributed by atoms with Crippen molar-refractivity contribution in [2.24, 2.45) is 0 Å². The van der Waals surface area contributed by atoms with Gasteiger partial charge in [0.1, 0.15) is 0 Å². The molecule has 0 saturated heterocycles. The van der Waals surface area contributed by atoms with Gasteiger partial charge in [0.05, 0.1) is 17.5 Å². The molecule has 0 unspecified atom stereocenters. The predicted octanol–water partition coefficient (Wildman–Crippen LogP) is 3.66. The van der Waals surface area contributed by atoms with Crippen LogP contribution >= 0.6 is 11.3 Å². The van der Waals surface area contributed by atoms with Crippen LogP contribution in [0.1, 0.15) is 32.6 Å². The molecular formula is C14H10N2OS. The summed E-state index contributed by atoms with van der Waals surface area (Å²) in [7, 11) is 0. The summed E-state index contributed by atoms with van der Waals surface area (Å²) in [5, 5.41) is 9.05. The third-order valence-corrected chi connectivity index (χ3v) is 4.30. The van der Waals surface area contributed by atoms with Crippen LogP contribution in [0.4, 0.5) is 0 Å². The van der Waals surface area contributed by atoms with Crippen molar-refractivity contribution in [1.82, 2.24) is 0 Å². The molecule has 18 heavy (non-hydrogen) atoms. The van der Waals surface area contributed by atoms with E-state index in [0.29, 0.717) is 16.0 Å². The number of thiophene rings is 1. The molecule has 0 radical (unpaired) electrons. The third-order valence-electron chi connectivity index (χ3n) is 3.10. The van der Waals surface area contributed by atoms with Crippen LogP contribution in [0.3, 0.4) is 0 Å². The van der Waals surface area contributed by atoms with E-state index < -0.39 is 0 Å². The standard InChI is InChI=1S/C14H10N2OS/c1-5-9-12(10(6-15)16-4)11-7(2)8(3)18-14(11)13(9)17/h5H,1-3H3/b9-5-,12-10?. The first kappa shape index (κ1) is 12.3. The summed E-state index contributed by atoms with van der Waals surface area (Å²) in [5.41, 5.74) is 2.76. The van der Waals surface area contributed by atoms with Gasteiger partial charge in [0.15, 0.2) is 0 Å². The summed E-state index contributed by atoms with van der Waals surface area (Å²) in [6.45, 7) is 12.7. The molecule has 3 nitrogen and oxygen atoms in total. The maximum absolute atomic E-state index is 12.2. The summed E-state index contributed by atoms with van der Waals surface area (Å²) >= 11 is 1.44. The molecule has 0 amide bonds. The summed E-state index contributed by atoms with van der Waals surface area (Å²) < 4.78 is 0. The smallest absolute Gasteiger partial charge is 0.270 e. The van der Waals surface area contributed by atoms with Gasteiger partial charge in [-0.15, -0.1) is 11.3 Å². The van der Waals surface area contributed by atoms with Gasteiger partial charge in [0.25, 0.3) is 5.70 Å². The quantitative estimate of drug-likeness (QED) is 0.403. The average molecular weight is 254 g/mol. The van der Waals surface area contributed by atoms with E-state index in [0.717, 1.165) is 16.0 Å². The topological polar surface area (TPSA) is 45.2 Å². The normalized spacial score (nSPS) is 18.5. The number of hydrogen-bond donors (Lipinski definition) is 0. The Hall–Kier alpha value is -2.17. The third kappa shape index (κ3) is 1.44. The molecule has 0 atom stereocenters. The van der Waals surface area contributed by atoms with E-state index in [1.807, 2.05) is 19.9 Å². The number of carbonyl (C=O) groups is 1. The second kappa shape index (κ2) is 4.25. The van der Waals surface area contributed by atoms with Crippen LogP contribution in [0.25, 0.3) is 10.4 Å². The lowest BCUT2D eigenvalue weighted by atomic mass is 10.0. The van der Waals surface area contributed by atoms with Crippen molar-refractivity contribution in [2.45, 2.75) is 20.8 Å². The molecule has 0 saturated carbocycles. The van der Waals surface area contributed by atoms with E-state index >= 15 is 0 Å². The van der Waals surface area contributed by atoms with Crippen molar-refractivity contribution >= 4 is 22.7 Å². The number of ketones is 1. The average Bonchev–Trinajstić information content (AvgIpc) is 2.79. The molecule has 88 valence electrons. The molecule has 1 aliphatic rings. The van der Waals surface area contributed by atoms with E-state index in [9.17, 15) is 4.79 Å². The lowest BCUT2D eigenvalue weighted by Crippen LogP contribution is -1.94. The van der Waals surface area contributed by atoms with Gasteiger partial charge < -0.3 is 0 Å². The molecule has 0 N–H and O–H groups in total. The molecule has 0 bridgehead atoms. The Bertz CT molecular complexity index is 689. The van der Waals surface area contributed by atoms with Crippen LogP contribution in [0.15, 0.2) is 17.3 Å². The van der Waals surface area contributed by atoms with Gasteiger partial charge in [-0.05, 0) is 31.9 Å². The van der Waals surface area contributed by atoms with Crippen molar-refractivity contribution in [3.8, 4) is 6.07 Å². The molecule has 1 aromatic heterocycles. The zero-order valence-corrected chi connectivity index (χ0v) is 11.1. The monoisotopic (exact) mass is 254 g/mol. The fourth-order valence-electron chi connectivity index (χ4n) is 2.12. The van der Waals surface area contributed by atoms with E-state index in [-0.39, 0.29) is 11.5 Å². The maximum atomic E-state index is 12.2. The highest BCUT2D eigenvalue weighted by atomic mass is 32.1. The lowest BCUT2D eigenvalue weighted by molar-refractivity contribution is 0.104. The van der Waals surface area contributed by atoms with Crippen LogP contribution in [-0.2, 0) is 0 Å². The van der Waals surface area contributed by atoms with E-state index in [4.69, 9.17) is 11.8 Å². The SMILES string of the molecule is [C-]#[N+]C(C#N)=C1/C(=C/C)C(=O)c2sc(C)c(C)c21. The highest BCUT2D eigenvalue weighted by molar-refractivity contribution is 7.15. The Balaban J connectivity index is 2.92. The number of aryl methyl sites for hydroxylation is 1. The number of rotatable bonds is 0. The number of Topliss-reactive ketones (excluding diaryl/α,β-unsaturated/α-hetero) is 1. The first-order valence-corrected chi connectivity index (χ1v) is 6.22. The second-order valence-corrected chi connectivity index (χ2v) is 5.19. The first-order chi connectivity index (χ1) is 8.56. The minimum atomic E-state index is -0.0694. The Morgan fingerprint density at radius 3 is 2.67 bits per heavy atom. The van der Waals surface area contributed by atoms with E-state index in [1.165, 1.54) is 11.3 Å². The predicted molar refractivity (Wildman–Crippen MR) is 71.0 cm³/mol. The number of nitrogens with zero attached hydrogens (tertiary/aromatic N) is 2. The van der Waals surface area contributed by atoms with Crippen molar-refractivity contribution < 1.29 is 4.79 Å². The molecule has 1 heterocycles. The minimum absolute atomic E-state index is 0.00361. The molecule has 0 spiro atoms. The Morgan fingerprint density at radius 1 is 1.50 bits per heavy atom. The molecule has 0 aromatic carbocycles. The van der Waals surface area contributed by atoms with Crippen molar-refractivity contribution in [2.75, 3.05) is 0 Å². The number of carbonyl (C=O) groups excluding carboxylic acids is 1. The van der Waals surface area contributed by atoms with Crippen LogP contribution in [0.5, 0.6) is 0 Å². The summed E-state index contributed by atoms with van der Waals surface area (Å²) in [6.07, 6.45) is 1.68. The molecule has 1 aromatic rings. The molecule has 2 rings (SSSR count). The zero-order valence-electron chi connectivity index (χ0n) is 10.3. The zero-order chi connectivity index (χ0) is 13.4. The summed E-state index contributed by atoms with van der Waals surface area (Å²) in [4.78, 5) is 17.2. The fraction of sp³-hybridized carbons (Fsp3) is 0.214. The van der Waals surface area contributed by atoms with Crippen LogP contribution < -0.4 is 0 Å². The number of nitriles is 1. The lowest BCUT2D eigenvalue weighted by Gasteiger charge is -2.03. The molecule has 4 heteroatoms. The first-order valence-electron chi connectivity index (χ1n) is 5.40. The Kier molecular flexibility index (Phi) is 2.90. The van der Waals surface area contributed by atoms with Gasteiger partial charge in [0.2, 0.25) is 5.78 Å². The highest BCUT2D eigenvalue weighted by Crippen LogP contribution is 2.45. The van der Waals surface area contributed by atoms with Crippen LogP contribution in [0, 0.1) is 31.8 Å². The molecule has 1 aliphatic carbocycles. The van der Waals surface area contributed by atoms with E-state index in [2.05, 4.69) is 4.85 Å². The van der Waals surface area contributed by atoms with Crippen LogP contribution in [-0.4, -0.2) is 5.78 Å². The van der Waals surface area contributed by atoms with Gasteiger partial charge in [-0.1, -0.05) is 6.08 Å². The van der Waals surface area contributed by atoms with Crippen molar-refractivity contribution in [3.63, 3.8) is 0 Å². The van der Waals surface area contributed by atoms with Crippen molar-refractivity contribution in [1.29, 1.82) is 5.26 Å². The summed E-state index contributed by atoms with van der Waals surface area (Å²) in [6, 6.07) is 1.89. The molecular weight excluding hydrogens is 244 g/mol. The maximum Gasteiger partial charge on any atom is 0.270 e. The van der Waals surface area contributed by atoms with Gasteiger partial charge in [-0.3, -0.25) is 4.79 Å². The van der Waals surface area contributed by atoms with Gasteiger partial charge in [0, 0.05) is 16.0 Å².